The van der Waals surface area contributed by atoms with Gasteiger partial charge in [0, 0.05) is 6.42 Å². The number of nitrogens with one attached hydrogen (secondary N) is 3. The van der Waals surface area contributed by atoms with E-state index >= 15 is 0 Å². The minimum absolute atomic E-state index is 0.154. The van der Waals surface area contributed by atoms with Gasteiger partial charge < -0.3 is 37.6 Å². The van der Waals surface area contributed by atoms with Gasteiger partial charge in [0.25, 0.3) is 0 Å². The van der Waals surface area contributed by atoms with E-state index in [1.165, 1.54) is 6.92 Å². The molecule has 12 nitrogen and oxygen atoms in total. The second-order valence-electron chi connectivity index (χ2n) is 6.67. The number of hydrogen-bond acceptors (Lipinski definition) is 7. The van der Waals surface area contributed by atoms with Crippen LogP contribution >= 0.6 is 0 Å². The molecular weight excluding hydrogens is 374 g/mol. The molecule has 4 atom stereocenters. The largest absolute Gasteiger partial charge is 0.480 e. The number of rotatable bonds is 12. The lowest BCUT2D eigenvalue weighted by molar-refractivity contribution is -0.139. The molecule has 12 heteroatoms. The standard InChI is InChI=1S/C16H29N5O7/c1-7(2)13(21-15(27)12(18)8(3)22)16(28)20-9(4-5-10(17)23)14(26)19-6-11(24)25/h7-9,12-13,22H,4-6,18H2,1-3H3,(H2,17,23)(H,19,26)(H,20,28)(H,21,27)(H,24,25). The second kappa shape index (κ2) is 11.9. The number of aliphatic hydroxyl groups is 1. The van der Waals surface area contributed by atoms with Crippen LogP contribution in [0, 0.1) is 5.92 Å². The number of carbonyl (C=O) groups is 5. The van der Waals surface area contributed by atoms with E-state index in [2.05, 4.69) is 16.0 Å². The zero-order chi connectivity index (χ0) is 22.0. The molecule has 0 aromatic rings. The van der Waals surface area contributed by atoms with Gasteiger partial charge in [-0.1, -0.05) is 13.8 Å². The van der Waals surface area contributed by atoms with Crippen LogP contribution in [0.3, 0.4) is 0 Å². The summed E-state index contributed by atoms with van der Waals surface area (Å²) in [7, 11) is 0. The van der Waals surface area contributed by atoms with Crippen LogP contribution in [0.4, 0.5) is 0 Å². The highest BCUT2D eigenvalue weighted by Gasteiger charge is 2.31. The molecule has 0 fully saturated rings. The van der Waals surface area contributed by atoms with Gasteiger partial charge in [0.1, 0.15) is 24.7 Å². The van der Waals surface area contributed by atoms with E-state index < -0.39 is 66.3 Å². The molecule has 0 spiro atoms. The van der Waals surface area contributed by atoms with Crippen molar-refractivity contribution in [1.82, 2.24) is 16.0 Å². The first kappa shape index (κ1) is 25.3. The average Bonchev–Trinajstić information content (AvgIpc) is 2.59. The Balaban J connectivity index is 5.23. The van der Waals surface area contributed by atoms with Crippen LogP contribution in [0.5, 0.6) is 0 Å². The third kappa shape index (κ3) is 9.28. The fraction of sp³-hybridized carbons (Fsp3) is 0.688. The summed E-state index contributed by atoms with van der Waals surface area (Å²) in [6, 6.07) is -3.57. The highest BCUT2D eigenvalue weighted by Crippen LogP contribution is 2.06. The number of amides is 4. The molecule has 4 amide bonds. The van der Waals surface area contributed by atoms with Crippen LogP contribution in [-0.2, 0) is 24.0 Å². The molecule has 28 heavy (non-hydrogen) atoms. The van der Waals surface area contributed by atoms with Gasteiger partial charge in [-0.25, -0.2) is 0 Å². The number of carboxylic acid groups (broad SMARTS) is 1. The predicted octanol–water partition coefficient (Wildman–Crippen LogP) is -3.21. The summed E-state index contributed by atoms with van der Waals surface area (Å²) in [5, 5.41) is 24.9. The average molecular weight is 403 g/mol. The lowest BCUT2D eigenvalue weighted by Gasteiger charge is -2.26. The normalized spacial score (nSPS) is 15.1. The summed E-state index contributed by atoms with van der Waals surface area (Å²) in [5.41, 5.74) is 10.6. The molecule has 0 aromatic carbocycles. The smallest absolute Gasteiger partial charge is 0.322 e. The Morgan fingerprint density at radius 2 is 1.54 bits per heavy atom. The minimum atomic E-state index is -1.28. The van der Waals surface area contributed by atoms with Crippen LogP contribution in [0.15, 0.2) is 0 Å². The Hall–Kier alpha value is -2.73. The van der Waals surface area contributed by atoms with Crippen LogP contribution in [-0.4, -0.2) is 70.6 Å². The van der Waals surface area contributed by atoms with Crippen molar-refractivity contribution in [2.24, 2.45) is 17.4 Å². The van der Waals surface area contributed by atoms with Gasteiger partial charge in [0.15, 0.2) is 0 Å². The molecule has 0 heterocycles. The maximum atomic E-state index is 12.6. The van der Waals surface area contributed by atoms with Gasteiger partial charge in [-0.05, 0) is 19.3 Å². The van der Waals surface area contributed by atoms with Crippen molar-refractivity contribution >= 4 is 29.6 Å². The van der Waals surface area contributed by atoms with Gasteiger partial charge >= 0.3 is 5.97 Å². The first-order valence-corrected chi connectivity index (χ1v) is 8.69. The molecule has 0 aromatic heterocycles. The van der Waals surface area contributed by atoms with E-state index in [-0.39, 0.29) is 12.8 Å². The van der Waals surface area contributed by atoms with E-state index in [9.17, 15) is 29.1 Å². The number of carbonyl (C=O) groups excluding carboxylic acids is 4. The SMILES string of the molecule is CC(C)C(NC(=O)C(N)C(C)O)C(=O)NC(CCC(N)=O)C(=O)NCC(=O)O. The van der Waals surface area contributed by atoms with Crippen molar-refractivity contribution in [1.29, 1.82) is 0 Å². The molecule has 0 radical (unpaired) electrons. The molecule has 0 saturated carbocycles. The molecule has 0 bridgehead atoms. The van der Waals surface area contributed by atoms with E-state index in [4.69, 9.17) is 16.6 Å². The van der Waals surface area contributed by atoms with E-state index in [1.54, 1.807) is 13.8 Å². The molecule has 0 rings (SSSR count). The first-order valence-electron chi connectivity index (χ1n) is 8.69. The Morgan fingerprint density at radius 3 is 1.96 bits per heavy atom. The fourth-order valence-corrected chi connectivity index (χ4v) is 2.11. The van der Waals surface area contributed by atoms with Gasteiger partial charge in [0.2, 0.25) is 23.6 Å². The maximum Gasteiger partial charge on any atom is 0.322 e. The summed E-state index contributed by atoms with van der Waals surface area (Å²) in [6.45, 7) is 3.93. The zero-order valence-corrected chi connectivity index (χ0v) is 16.1. The predicted molar refractivity (Wildman–Crippen MR) is 97.4 cm³/mol. The molecule has 9 N–H and O–H groups in total. The van der Waals surface area contributed by atoms with Gasteiger partial charge in [-0.2, -0.15) is 0 Å². The third-order valence-corrected chi connectivity index (χ3v) is 3.80. The van der Waals surface area contributed by atoms with Crippen molar-refractivity contribution in [3.8, 4) is 0 Å². The lowest BCUT2D eigenvalue weighted by atomic mass is 10.0. The van der Waals surface area contributed by atoms with E-state index in [0.29, 0.717) is 0 Å². The summed E-state index contributed by atoms with van der Waals surface area (Å²) >= 11 is 0. The Labute approximate surface area is 162 Å². The third-order valence-electron chi connectivity index (χ3n) is 3.80. The summed E-state index contributed by atoms with van der Waals surface area (Å²) in [4.78, 5) is 58.3. The number of primary amides is 1. The van der Waals surface area contributed by atoms with Crippen molar-refractivity contribution in [3.63, 3.8) is 0 Å². The summed E-state index contributed by atoms with van der Waals surface area (Å²) in [5.74, 6) is -4.70. The fourth-order valence-electron chi connectivity index (χ4n) is 2.11. The monoisotopic (exact) mass is 403 g/mol. The maximum absolute atomic E-state index is 12.6. The second-order valence-corrected chi connectivity index (χ2v) is 6.67. The van der Waals surface area contributed by atoms with Crippen molar-refractivity contribution in [2.75, 3.05) is 6.54 Å². The Bertz CT molecular complexity index is 594. The number of aliphatic carboxylic acids is 1. The molecule has 0 aliphatic heterocycles. The number of nitrogens with two attached hydrogens (primary N) is 2. The minimum Gasteiger partial charge on any atom is -0.480 e. The van der Waals surface area contributed by atoms with Crippen molar-refractivity contribution in [3.05, 3.63) is 0 Å². The van der Waals surface area contributed by atoms with E-state index in [0.717, 1.165) is 0 Å². The van der Waals surface area contributed by atoms with Gasteiger partial charge in [-0.15, -0.1) is 0 Å². The van der Waals surface area contributed by atoms with Crippen molar-refractivity contribution in [2.45, 2.75) is 57.8 Å². The molecule has 4 unspecified atom stereocenters. The highest BCUT2D eigenvalue weighted by molar-refractivity contribution is 5.94. The molecular formula is C16H29N5O7. The Morgan fingerprint density at radius 1 is 0.964 bits per heavy atom. The number of hydrogen-bond donors (Lipinski definition) is 7. The quantitative estimate of drug-likeness (QED) is 0.175. The van der Waals surface area contributed by atoms with Crippen LogP contribution in [0.2, 0.25) is 0 Å². The summed E-state index contributed by atoms with van der Waals surface area (Å²) < 4.78 is 0. The van der Waals surface area contributed by atoms with Crippen LogP contribution in [0.25, 0.3) is 0 Å². The van der Waals surface area contributed by atoms with Crippen LogP contribution < -0.4 is 27.4 Å². The summed E-state index contributed by atoms with van der Waals surface area (Å²) in [6.07, 6.45) is -1.52. The zero-order valence-electron chi connectivity index (χ0n) is 16.1. The molecule has 0 aliphatic carbocycles. The van der Waals surface area contributed by atoms with Crippen LogP contribution in [0.1, 0.15) is 33.6 Å². The van der Waals surface area contributed by atoms with Gasteiger partial charge in [0.05, 0.1) is 6.10 Å². The number of carboxylic acids is 1. The highest BCUT2D eigenvalue weighted by atomic mass is 16.4. The number of aliphatic hydroxyl groups excluding tert-OH is 1. The molecule has 160 valence electrons. The molecule has 0 saturated heterocycles. The van der Waals surface area contributed by atoms with Crippen molar-refractivity contribution < 1.29 is 34.2 Å². The van der Waals surface area contributed by atoms with Gasteiger partial charge in [-0.3, -0.25) is 24.0 Å². The topological polar surface area (TPSA) is 214 Å². The van der Waals surface area contributed by atoms with E-state index in [1.807, 2.05) is 0 Å². The lowest BCUT2D eigenvalue weighted by Crippen LogP contribution is -2.58. The Kier molecular flexibility index (Phi) is 10.7. The molecule has 0 aliphatic rings. The first-order chi connectivity index (χ1) is 12.9.